The molecule has 0 aromatic heterocycles. The lowest BCUT2D eigenvalue weighted by atomic mass is 10.1. The maximum atomic E-state index is 11.4. The summed E-state index contributed by atoms with van der Waals surface area (Å²) in [6, 6.07) is 0. The molecule has 0 fully saturated rings. The molecule has 0 aromatic rings. The van der Waals surface area contributed by atoms with E-state index in [1.807, 2.05) is 0 Å². The number of aliphatic carboxylic acids is 2. The topological polar surface area (TPSA) is 118 Å². The molecule has 0 heterocycles. The Balaban J connectivity index is 3.46. The summed E-state index contributed by atoms with van der Waals surface area (Å²) in [5.74, 6) is -2.73. The summed E-state index contributed by atoms with van der Waals surface area (Å²) in [6.45, 7) is 0. The van der Waals surface area contributed by atoms with Crippen LogP contribution in [-0.4, -0.2) is 34.1 Å². The van der Waals surface area contributed by atoms with E-state index in [1.165, 1.54) is 0 Å². The van der Waals surface area contributed by atoms with Crippen LogP contribution in [0.3, 0.4) is 0 Å². The number of hydrogen-bond acceptors (Lipinski definition) is 5. The summed E-state index contributed by atoms with van der Waals surface area (Å²) in [5, 5.41) is 16.9. The predicted molar refractivity (Wildman–Crippen MR) is 81.8 cm³/mol. The zero-order valence-electron chi connectivity index (χ0n) is 13.4. The zero-order valence-corrected chi connectivity index (χ0v) is 13.4. The van der Waals surface area contributed by atoms with Gasteiger partial charge in [-0.05, 0) is 25.7 Å². The Bertz CT molecular complexity index is 354. The number of unbranched alkanes of at least 4 members (excludes halogenated alkanes) is 6. The van der Waals surface area contributed by atoms with Crippen LogP contribution in [0.4, 0.5) is 0 Å². The first-order chi connectivity index (χ1) is 10.9. The molecule has 132 valence electrons. The number of carbonyl (C=O) groups excluding carboxylic acids is 2. The van der Waals surface area contributed by atoms with E-state index in [1.54, 1.807) is 0 Å². The van der Waals surface area contributed by atoms with E-state index in [2.05, 4.69) is 4.74 Å². The second-order valence-corrected chi connectivity index (χ2v) is 5.46. The number of carboxylic acids is 2. The van der Waals surface area contributed by atoms with Crippen molar-refractivity contribution in [2.24, 2.45) is 0 Å². The van der Waals surface area contributed by atoms with Crippen molar-refractivity contribution < 1.29 is 34.1 Å². The SMILES string of the molecule is O=C(O)CCCCCCC(=O)OC(=O)CCCCCCC(=O)O. The van der Waals surface area contributed by atoms with Crippen molar-refractivity contribution in [1.29, 1.82) is 0 Å². The Morgan fingerprint density at radius 2 is 0.826 bits per heavy atom. The summed E-state index contributed by atoms with van der Waals surface area (Å²) in [5.41, 5.74) is 0. The highest BCUT2D eigenvalue weighted by Crippen LogP contribution is 2.08. The number of esters is 2. The van der Waals surface area contributed by atoms with Gasteiger partial charge in [-0.1, -0.05) is 25.7 Å². The van der Waals surface area contributed by atoms with Gasteiger partial charge in [0, 0.05) is 25.7 Å². The lowest BCUT2D eigenvalue weighted by molar-refractivity contribution is -0.160. The van der Waals surface area contributed by atoms with Gasteiger partial charge in [-0.2, -0.15) is 0 Å². The highest BCUT2D eigenvalue weighted by molar-refractivity contribution is 5.85. The fraction of sp³-hybridized carbons (Fsp3) is 0.750. The monoisotopic (exact) mass is 330 g/mol. The Morgan fingerprint density at radius 3 is 1.13 bits per heavy atom. The highest BCUT2D eigenvalue weighted by atomic mass is 16.6. The third-order valence-electron chi connectivity index (χ3n) is 3.27. The van der Waals surface area contributed by atoms with Gasteiger partial charge >= 0.3 is 23.9 Å². The lowest BCUT2D eigenvalue weighted by Gasteiger charge is -2.03. The van der Waals surface area contributed by atoms with Crippen LogP contribution in [0.15, 0.2) is 0 Å². The number of hydrogen-bond donors (Lipinski definition) is 2. The molecular formula is C16H26O7. The van der Waals surface area contributed by atoms with Crippen LogP contribution >= 0.6 is 0 Å². The highest BCUT2D eigenvalue weighted by Gasteiger charge is 2.10. The van der Waals surface area contributed by atoms with Gasteiger partial charge < -0.3 is 14.9 Å². The second-order valence-electron chi connectivity index (χ2n) is 5.46. The van der Waals surface area contributed by atoms with Crippen molar-refractivity contribution in [3.63, 3.8) is 0 Å². The van der Waals surface area contributed by atoms with E-state index in [4.69, 9.17) is 10.2 Å². The van der Waals surface area contributed by atoms with Crippen molar-refractivity contribution in [3.05, 3.63) is 0 Å². The number of rotatable bonds is 14. The average Bonchev–Trinajstić information content (AvgIpc) is 2.45. The Morgan fingerprint density at radius 1 is 0.522 bits per heavy atom. The molecule has 0 saturated heterocycles. The molecule has 0 amide bonds. The van der Waals surface area contributed by atoms with E-state index in [9.17, 15) is 19.2 Å². The van der Waals surface area contributed by atoms with Gasteiger partial charge in [0.05, 0.1) is 0 Å². The Labute approximate surface area is 136 Å². The van der Waals surface area contributed by atoms with Gasteiger partial charge in [-0.25, -0.2) is 0 Å². The standard InChI is InChI=1S/C16H26O7/c17-13(18)9-5-1-3-7-11-15(21)23-16(22)12-8-4-2-6-10-14(19)20/h1-12H2,(H,17,18)(H,19,20). The lowest BCUT2D eigenvalue weighted by Crippen LogP contribution is -2.11. The van der Waals surface area contributed by atoms with Crippen LogP contribution in [0.25, 0.3) is 0 Å². The molecular weight excluding hydrogens is 304 g/mol. The van der Waals surface area contributed by atoms with Crippen LogP contribution in [0.1, 0.15) is 77.0 Å². The summed E-state index contributed by atoms with van der Waals surface area (Å²) < 4.78 is 4.67. The number of carboxylic acid groups (broad SMARTS) is 2. The molecule has 0 atom stereocenters. The molecule has 7 nitrogen and oxygen atoms in total. The average molecular weight is 330 g/mol. The van der Waals surface area contributed by atoms with Gasteiger partial charge in [-0.15, -0.1) is 0 Å². The van der Waals surface area contributed by atoms with Crippen LogP contribution in [-0.2, 0) is 23.9 Å². The van der Waals surface area contributed by atoms with E-state index in [0.29, 0.717) is 25.7 Å². The molecule has 0 aliphatic heterocycles. The zero-order chi connectivity index (χ0) is 17.5. The molecule has 0 saturated carbocycles. The molecule has 0 unspecified atom stereocenters. The number of ether oxygens (including phenoxy) is 1. The second kappa shape index (κ2) is 13.7. The van der Waals surface area contributed by atoms with Crippen LogP contribution in [0.5, 0.6) is 0 Å². The molecule has 23 heavy (non-hydrogen) atoms. The van der Waals surface area contributed by atoms with E-state index in [-0.39, 0.29) is 25.7 Å². The molecule has 2 N–H and O–H groups in total. The molecule has 0 spiro atoms. The molecule has 0 radical (unpaired) electrons. The first-order valence-corrected chi connectivity index (χ1v) is 8.09. The fourth-order valence-electron chi connectivity index (χ4n) is 2.03. The van der Waals surface area contributed by atoms with Crippen LogP contribution in [0.2, 0.25) is 0 Å². The quantitative estimate of drug-likeness (QED) is 0.285. The third-order valence-corrected chi connectivity index (χ3v) is 3.27. The first-order valence-electron chi connectivity index (χ1n) is 8.09. The van der Waals surface area contributed by atoms with E-state index < -0.39 is 23.9 Å². The smallest absolute Gasteiger partial charge is 0.313 e. The minimum absolute atomic E-state index is 0.134. The molecule has 0 rings (SSSR count). The van der Waals surface area contributed by atoms with Crippen molar-refractivity contribution in [1.82, 2.24) is 0 Å². The van der Waals surface area contributed by atoms with Gasteiger partial charge in [-0.3, -0.25) is 19.2 Å². The van der Waals surface area contributed by atoms with Crippen LogP contribution < -0.4 is 0 Å². The van der Waals surface area contributed by atoms with Gasteiger partial charge in [0.2, 0.25) is 0 Å². The van der Waals surface area contributed by atoms with Gasteiger partial charge in [0.25, 0.3) is 0 Å². The van der Waals surface area contributed by atoms with Crippen molar-refractivity contribution in [3.8, 4) is 0 Å². The van der Waals surface area contributed by atoms with Crippen molar-refractivity contribution in [2.45, 2.75) is 77.0 Å². The number of carbonyl (C=O) groups is 4. The minimum atomic E-state index is -0.821. The maximum Gasteiger partial charge on any atom is 0.313 e. The molecule has 0 aliphatic rings. The predicted octanol–water partition coefficient (Wildman–Crippen LogP) is 2.91. The third kappa shape index (κ3) is 16.3. The first kappa shape index (κ1) is 21.1. The van der Waals surface area contributed by atoms with E-state index in [0.717, 1.165) is 25.7 Å². The molecule has 7 heteroatoms. The normalized spacial score (nSPS) is 10.3. The summed E-state index contributed by atoms with van der Waals surface area (Å²) in [4.78, 5) is 43.4. The summed E-state index contributed by atoms with van der Waals surface area (Å²) in [7, 11) is 0. The molecule has 0 aliphatic carbocycles. The fourth-order valence-corrected chi connectivity index (χ4v) is 2.03. The Kier molecular flexibility index (Phi) is 12.6. The van der Waals surface area contributed by atoms with Crippen molar-refractivity contribution in [2.75, 3.05) is 0 Å². The largest absolute Gasteiger partial charge is 0.481 e. The summed E-state index contributed by atoms with van der Waals surface area (Å²) >= 11 is 0. The van der Waals surface area contributed by atoms with E-state index >= 15 is 0 Å². The van der Waals surface area contributed by atoms with Crippen molar-refractivity contribution >= 4 is 23.9 Å². The minimum Gasteiger partial charge on any atom is -0.481 e. The van der Waals surface area contributed by atoms with Gasteiger partial charge in [0.1, 0.15) is 0 Å². The molecule has 0 aromatic carbocycles. The maximum absolute atomic E-state index is 11.4. The molecule has 0 bridgehead atoms. The summed E-state index contributed by atoms with van der Waals surface area (Å²) in [6.07, 6.45) is 5.89. The van der Waals surface area contributed by atoms with Gasteiger partial charge in [0.15, 0.2) is 0 Å². The van der Waals surface area contributed by atoms with Crippen LogP contribution in [0, 0.1) is 0 Å². The Hall–Kier alpha value is -1.92.